The first-order valence-corrected chi connectivity index (χ1v) is 9.79. The number of ether oxygens (including phenoxy) is 2. The monoisotopic (exact) mass is 408 g/mol. The van der Waals surface area contributed by atoms with Gasteiger partial charge in [0.1, 0.15) is 0 Å². The number of fused-ring (bicyclic) bond motifs is 1. The third kappa shape index (κ3) is 4.28. The second kappa shape index (κ2) is 8.96. The molecule has 1 aromatic carbocycles. The van der Waals surface area contributed by atoms with Crippen LogP contribution in [0.3, 0.4) is 0 Å². The summed E-state index contributed by atoms with van der Waals surface area (Å²) in [7, 11) is 3.29. The highest BCUT2D eigenvalue weighted by Crippen LogP contribution is 2.33. The molecule has 4 rings (SSSR count). The Hall–Kier alpha value is -3.39. The van der Waals surface area contributed by atoms with Crippen molar-refractivity contribution in [1.82, 2.24) is 20.4 Å². The molecule has 0 radical (unpaired) electrons. The quantitative estimate of drug-likeness (QED) is 0.643. The first kappa shape index (κ1) is 19.9. The zero-order chi connectivity index (χ0) is 20.9. The first-order chi connectivity index (χ1) is 14.7. The molecule has 0 fully saturated rings. The molecule has 1 aliphatic heterocycles. The lowest BCUT2D eigenvalue weighted by atomic mass is 9.99. The zero-order valence-electron chi connectivity index (χ0n) is 17.1. The summed E-state index contributed by atoms with van der Waals surface area (Å²) in [5.74, 6) is 1.76. The lowest BCUT2D eigenvalue weighted by Gasteiger charge is -2.29. The molecule has 0 aliphatic carbocycles. The lowest BCUT2D eigenvalue weighted by Crippen LogP contribution is -2.37. The molecule has 3 aromatic rings. The Balaban J connectivity index is 1.31. The van der Waals surface area contributed by atoms with Crippen LogP contribution in [0.5, 0.6) is 11.5 Å². The molecule has 1 amide bonds. The van der Waals surface area contributed by atoms with Gasteiger partial charge < -0.3 is 19.3 Å². The van der Waals surface area contributed by atoms with Crippen LogP contribution in [-0.4, -0.2) is 54.8 Å². The number of amides is 1. The molecule has 156 valence electrons. The van der Waals surface area contributed by atoms with Crippen LogP contribution >= 0.6 is 0 Å². The van der Waals surface area contributed by atoms with E-state index < -0.39 is 0 Å². The second-order valence-corrected chi connectivity index (χ2v) is 7.08. The second-order valence-electron chi connectivity index (χ2n) is 7.08. The molecule has 8 heteroatoms. The van der Waals surface area contributed by atoms with Gasteiger partial charge in [0.05, 0.1) is 14.2 Å². The highest BCUT2D eigenvalue weighted by atomic mass is 16.5. The fourth-order valence-corrected chi connectivity index (χ4v) is 3.58. The number of carbonyl (C=O) groups excluding carboxylic acids is 1. The van der Waals surface area contributed by atoms with Gasteiger partial charge in [-0.25, -0.2) is 0 Å². The standard InChI is InChI=1S/C22H24N4O4/c1-28-20-10-15-5-8-26(14-17(15)11-21(20)29-2)9-7-24-22(27)18-12-19(30-25-18)16-4-3-6-23-13-16/h3-4,6,10-13H,5,7-9,14H2,1-2H3,(H,24,27). The summed E-state index contributed by atoms with van der Waals surface area (Å²) in [5.41, 5.74) is 3.54. The number of methoxy groups -OCH3 is 2. The number of carbonyl (C=O) groups is 1. The van der Waals surface area contributed by atoms with Crippen molar-refractivity contribution in [3.05, 3.63) is 59.5 Å². The maximum atomic E-state index is 12.4. The number of hydrogen-bond acceptors (Lipinski definition) is 7. The van der Waals surface area contributed by atoms with Crippen molar-refractivity contribution in [2.75, 3.05) is 33.9 Å². The summed E-state index contributed by atoms with van der Waals surface area (Å²) in [6.07, 6.45) is 4.28. The highest BCUT2D eigenvalue weighted by molar-refractivity contribution is 5.93. The van der Waals surface area contributed by atoms with Crippen LogP contribution in [0.4, 0.5) is 0 Å². The Morgan fingerprint density at radius 1 is 1.20 bits per heavy atom. The van der Waals surface area contributed by atoms with E-state index in [0.717, 1.165) is 43.1 Å². The van der Waals surface area contributed by atoms with E-state index >= 15 is 0 Å². The predicted molar refractivity (Wildman–Crippen MR) is 111 cm³/mol. The Bertz CT molecular complexity index is 1020. The number of nitrogens with zero attached hydrogens (tertiary/aromatic N) is 3. The maximum absolute atomic E-state index is 12.4. The van der Waals surface area contributed by atoms with Crippen molar-refractivity contribution in [1.29, 1.82) is 0 Å². The summed E-state index contributed by atoms with van der Waals surface area (Å²) in [6.45, 7) is 3.00. The molecule has 3 heterocycles. The van der Waals surface area contributed by atoms with Gasteiger partial charge in [0.2, 0.25) is 0 Å². The first-order valence-electron chi connectivity index (χ1n) is 9.79. The van der Waals surface area contributed by atoms with Gasteiger partial charge in [-0.3, -0.25) is 14.7 Å². The van der Waals surface area contributed by atoms with E-state index in [0.29, 0.717) is 12.3 Å². The van der Waals surface area contributed by atoms with E-state index in [1.54, 1.807) is 38.7 Å². The highest BCUT2D eigenvalue weighted by Gasteiger charge is 2.20. The van der Waals surface area contributed by atoms with Crippen molar-refractivity contribution in [3.8, 4) is 22.8 Å². The summed E-state index contributed by atoms with van der Waals surface area (Å²) in [5, 5.41) is 6.78. The smallest absolute Gasteiger partial charge is 0.273 e. The fraction of sp³-hybridized carbons (Fsp3) is 0.318. The third-order valence-corrected chi connectivity index (χ3v) is 5.20. The summed E-state index contributed by atoms with van der Waals surface area (Å²) < 4.78 is 16.1. The molecule has 0 bridgehead atoms. The normalized spacial score (nSPS) is 13.5. The average molecular weight is 408 g/mol. The summed E-state index contributed by atoms with van der Waals surface area (Å²) in [4.78, 5) is 18.7. The molecule has 2 aromatic heterocycles. The minimum Gasteiger partial charge on any atom is -0.493 e. The number of rotatable bonds is 7. The molecule has 1 aliphatic rings. The van der Waals surface area contributed by atoms with Gasteiger partial charge >= 0.3 is 0 Å². The number of hydrogen-bond donors (Lipinski definition) is 1. The van der Waals surface area contributed by atoms with Crippen LogP contribution in [-0.2, 0) is 13.0 Å². The van der Waals surface area contributed by atoms with Gasteiger partial charge in [-0.15, -0.1) is 0 Å². The van der Waals surface area contributed by atoms with Crippen LogP contribution in [0.15, 0.2) is 47.2 Å². The van der Waals surface area contributed by atoms with Crippen molar-refractivity contribution < 1.29 is 18.8 Å². The number of aromatic nitrogens is 2. The number of nitrogens with one attached hydrogen (secondary N) is 1. The van der Waals surface area contributed by atoms with E-state index in [1.165, 1.54) is 11.1 Å². The van der Waals surface area contributed by atoms with Crippen molar-refractivity contribution in [2.45, 2.75) is 13.0 Å². The van der Waals surface area contributed by atoms with Crippen molar-refractivity contribution >= 4 is 5.91 Å². The van der Waals surface area contributed by atoms with Crippen LogP contribution in [0, 0.1) is 0 Å². The van der Waals surface area contributed by atoms with Crippen LogP contribution < -0.4 is 14.8 Å². The number of pyridine rings is 1. The third-order valence-electron chi connectivity index (χ3n) is 5.20. The minimum atomic E-state index is -0.252. The molecule has 8 nitrogen and oxygen atoms in total. The molecular formula is C22H24N4O4. The van der Waals surface area contributed by atoms with Crippen LogP contribution in [0.25, 0.3) is 11.3 Å². The van der Waals surface area contributed by atoms with E-state index in [9.17, 15) is 4.79 Å². The summed E-state index contributed by atoms with van der Waals surface area (Å²) >= 11 is 0. The van der Waals surface area contributed by atoms with E-state index in [4.69, 9.17) is 14.0 Å². The van der Waals surface area contributed by atoms with E-state index in [2.05, 4.69) is 26.4 Å². The molecular weight excluding hydrogens is 384 g/mol. The number of benzene rings is 1. The molecule has 1 N–H and O–H groups in total. The van der Waals surface area contributed by atoms with E-state index in [-0.39, 0.29) is 11.6 Å². The predicted octanol–water partition coefficient (Wildman–Crippen LogP) is 2.54. The van der Waals surface area contributed by atoms with Crippen LogP contribution in [0.2, 0.25) is 0 Å². The Morgan fingerprint density at radius 3 is 2.73 bits per heavy atom. The largest absolute Gasteiger partial charge is 0.493 e. The molecule has 30 heavy (non-hydrogen) atoms. The van der Waals surface area contributed by atoms with Gasteiger partial charge in [0.15, 0.2) is 23.0 Å². The van der Waals surface area contributed by atoms with Crippen molar-refractivity contribution in [3.63, 3.8) is 0 Å². The molecule has 0 unspecified atom stereocenters. The van der Waals surface area contributed by atoms with E-state index in [1.807, 2.05) is 12.1 Å². The Kier molecular flexibility index (Phi) is 5.94. The molecule has 0 saturated carbocycles. The maximum Gasteiger partial charge on any atom is 0.273 e. The Morgan fingerprint density at radius 2 is 2.00 bits per heavy atom. The average Bonchev–Trinajstić information content (AvgIpc) is 3.29. The topological polar surface area (TPSA) is 89.7 Å². The fourth-order valence-electron chi connectivity index (χ4n) is 3.58. The molecule has 0 saturated heterocycles. The van der Waals surface area contributed by atoms with Gasteiger partial charge in [-0.05, 0) is 41.8 Å². The molecule has 0 atom stereocenters. The zero-order valence-corrected chi connectivity index (χ0v) is 17.1. The van der Waals surface area contributed by atoms with Gasteiger partial charge in [-0.1, -0.05) is 5.16 Å². The SMILES string of the molecule is COc1cc2c(cc1OC)CN(CCNC(=O)c1cc(-c3cccnc3)on1)CC2. The van der Waals surface area contributed by atoms with Gasteiger partial charge in [-0.2, -0.15) is 0 Å². The summed E-state index contributed by atoms with van der Waals surface area (Å²) in [6, 6.07) is 9.38. The van der Waals surface area contributed by atoms with Crippen LogP contribution in [0.1, 0.15) is 21.6 Å². The van der Waals surface area contributed by atoms with Gasteiger partial charge in [0.25, 0.3) is 5.91 Å². The Labute approximate surface area is 174 Å². The minimum absolute atomic E-state index is 0.252. The van der Waals surface area contributed by atoms with Crippen molar-refractivity contribution in [2.24, 2.45) is 0 Å². The molecule has 0 spiro atoms. The van der Waals surface area contributed by atoms with Gasteiger partial charge in [0, 0.05) is 50.2 Å². The lowest BCUT2D eigenvalue weighted by molar-refractivity contribution is 0.0938.